The van der Waals surface area contributed by atoms with E-state index in [1.807, 2.05) is 0 Å². The third kappa shape index (κ3) is 7.21. The predicted octanol–water partition coefficient (Wildman–Crippen LogP) is 4.36. The zero-order chi connectivity index (χ0) is 17.9. The second kappa shape index (κ2) is 7.51. The lowest BCUT2D eigenvalue weighted by molar-refractivity contribution is -0.139. The van der Waals surface area contributed by atoms with Crippen molar-refractivity contribution in [3.05, 3.63) is 11.0 Å². The number of thioether (sulfide) groups is 1. The first-order valence-corrected chi connectivity index (χ1v) is 9.93. The number of esters is 1. The Bertz CT molecular complexity index is 537. The summed E-state index contributed by atoms with van der Waals surface area (Å²) in [6, 6.07) is 0. The molecule has 0 unspecified atom stereocenters. The second-order valence-corrected chi connectivity index (χ2v) is 9.77. The Kier molecular flexibility index (Phi) is 6.67. The van der Waals surface area contributed by atoms with Gasteiger partial charge in [-0.25, -0.2) is 4.99 Å². The molecule has 23 heavy (non-hydrogen) atoms. The summed E-state index contributed by atoms with van der Waals surface area (Å²) < 4.78 is 30.1. The van der Waals surface area contributed by atoms with E-state index in [9.17, 15) is 9.36 Å². The molecule has 8 heteroatoms. The first-order valence-electron chi connectivity index (χ1n) is 7.34. The summed E-state index contributed by atoms with van der Waals surface area (Å²) in [7, 11) is -3.68. The minimum atomic E-state index is -3.68. The van der Waals surface area contributed by atoms with Crippen molar-refractivity contribution in [3.63, 3.8) is 0 Å². The normalized spacial score (nSPS) is 16.7. The summed E-state index contributed by atoms with van der Waals surface area (Å²) in [4.78, 5) is 15.3. The molecule has 0 aromatic heterocycles. The van der Waals surface area contributed by atoms with Gasteiger partial charge in [0.25, 0.3) is 0 Å². The summed E-state index contributed by atoms with van der Waals surface area (Å²) >= 11 is 1.44. The van der Waals surface area contributed by atoms with Crippen LogP contribution in [0.15, 0.2) is 16.0 Å². The molecule has 0 spiro atoms. The van der Waals surface area contributed by atoms with E-state index in [2.05, 4.69) is 4.99 Å². The van der Waals surface area contributed by atoms with Gasteiger partial charge in [-0.2, -0.15) is 0 Å². The average molecular weight is 363 g/mol. The molecular formula is C15H26NO5PS. The van der Waals surface area contributed by atoms with Gasteiger partial charge in [0.05, 0.1) is 16.7 Å². The van der Waals surface area contributed by atoms with Crippen molar-refractivity contribution in [2.24, 2.45) is 4.99 Å². The van der Waals surface area contributed by atoms with Gasteiger partial charge < -0.3 is 4.74 Å². The van der Waals surface area contributed by atoms with E-state index in [-0.39, 0.29) is 12.0 Å². The van der Waals surface area contributed by atoms with Crippen molar-refractivity contribution in [2.75, 3.05) is 12.4 Å². The van der Waals surface area contributed by atoms with Crippen molar-refractivity contribution in [1.82, 2.24) is 0 Å². The highest BCUT2D eigenvalue weighted by Crippen LogP contribution is 2.62. The Hall–Kier alpha value is -0.620. The van der Waals surface area contributed by atoms with Crippen molar-refractivity contribution in [1.29, 1.82) is 0 Å². The molecule has 1 heterocycles. The van der Waals surface area contributed by atoms with Crippen molar-refractivity contribution in [3.8, 4) is 0 Å². The number of hydrogen-bond acceptors (Lipinski definition) is 7. The van der Waals surface area contributed by atoms with Gasteiger partial charge in [0.15, 0.2) is 5.44 Å². The number of carbonyl (C=O) groups is 1. The standard InChI is InChI=1S/C15H26NO5PS/c1-11(17)19-8-12-9-23-10-16-13(12)22(18,20-14(2,3)4)21-15(5,6)7/h10H,8-9H2,1-7H3. The molecule has 0 N–H and O–H groups in total. The van der Waals surface area contributed by atoms with E-state index in [0.29, 0.717) is 11.3 Å². The Morgan fingerprint density at radius 3 is 2.17 bits per heavy atom. The molecule has 6 nitrogen and oxygen atoms in total. The fourth-order valence-electron chi connectivity index (χ4n) is 1.77. The van der Waals surface area contributed by atoms with Crippen LogP contribution in [0.2, 0.25) is 0 Å². The molecule has 1 aliphatic rings. The fraction of sp³-hybridized carbons (Fsp3) is 0.733. The smallest absolute Gasteiger partial charge is 0.380 e. The van der Waals surface area contributed by atoms with Crippen LogP contribution < -0.4 is 0 Å². The summed E-state index contributed by atoms with van der Waals surface area (Å²) in [5.41, 5.74) is 1.13. The van der Waals surface area contributed by atoms with Gasteiger partial charge in [-0.3, -0.25) is 18.4 Å². The lowest BCUT2D eigenvalue weighted by Gasteiger charge is -2.33. The first-order chi connectivity index (χ1) is 10.3. The summed E-state index contributed by atoms with van der Waals surface area (Å²) in [5.74, 6) is 0.122. The third-order valence-corrected chi connectivity index (χ3v) is 5.62. The van der Waals surface area contributed by atoms with Gasteiger partial charge in [-0.05, 0) is 41.5 Å². The van der Waals surface area contributed by atoms with Crippen LogP contribution in [0.5, 0.6) is 0 Å². The van der Waals surface area contributed by atoms with Crippen LogP contribution in [0, 0.1) is 0 Å². The van der Waals surface area contributed by atoms with E-state index in [0.717, 1.165) is 0 Å². The van der Waals surface area contributed by atoms with Gasteiger partial charge in [-0.15, -0.1) is 11.8 Å². The second-order valence-electron chi connectivity index (χ2n) is 7.16. The Balaban J connectivity index is 3.28. The van der Waals surface area contributed by atoms with Crippen LogP contribution in [0.25, 0.3) is 0 Å². The third-order valence-electron chi connectivity index (χ3n) is 2.32. The van der Waals surface area contributed by atoms with E-state index < -0.39 is 24.8 Å². The molecule has 0 aromatic carbocycles. The Labute approximate surface area is 142 Å². The fourth-order valence-corrected chi connectivity index (χ4v) is 5.01. The average Bonchev–Trinajstić information content (AvgIpc) is 2.32. The Morgan fingerprint density at radius 1 is 1.22 bits per heavy atom. The monoisotopic (exact) mass is 363 g/mol. The molecule has 0 aliphatic carbocycles. The van der Waals surface area contributed by atoms with E-state index in [1.54, 1.807) is 47.1 Å². The first kappa shape index (κ1) is 20.4. The molecule has 0 saturated carbocycles. The predicted molar refractivity (Wildman–Crippen MR) is 93.9 cm³/mol. The molecule has 0 saturated heterocycles. The van der Waals surface area contributed by atoms with E-state index >= 15 is 0 Å². The number of hydrogen-bond donors (Lipinski definition) is 0. The number of carbonyl (C=O) groups excluding carboxylic acids is 1. The number of nitrogens with zero attached hydrogens (tertiary/aromatic N) is 1. The van der Waals surface area contributed by atoms with Crippen molar-refractivity contribution in [2.45, 2.75) is 59.7 Å². The number of rotatable bonds is 5. The maximum Gasteiger partial charge on any atom is 0.380 e. The molecule has 0 radical (unpaired) electrons. The zero-order valence-corrected chi connectivity index (χ0v) is 16.5. The highest BCUT2D eigenvalue weighted by atomic mass is 32.2. The van der Waals surface area contributed by atoms with Crippen LogP contribution in [-0.2, 0) is 23.1 Å². The zero-order valence-electron chi connectivity index (χ0n) is 14.8. The van der Waals surface area contributed by atoms with Gasteiger partial charge in [0, 0.05) is 18.2 Å². The van der Waals surface area contributed by atoms with Crippen molar-refractivity contribution < 1.29 is 23.1 Å². The SMILES string of the molecule is CC(=O)OCC1=C(P(=O)(OC(C)(C)C)OC(C)(C)C)N=CSC1. The molecule has 0 bridgehead atoms. The quantitative estimate of drug-likeness (QED) is 0.534. The van der Waals surface area contributed by atoms with Crippen LogP contribution in [0.1, 0.15) is 48.5 Å². The highest BCUT2D eigenvalue weighted by Gasteiger charge is 2.41. The van der Waals surface area contributed by atoms with Gasteiger partial charge in [0.1, 0.15) is 6.61 Å². The minimum absolute atomic E-state index is 0.0278. The Morgan fingerprint density at radius 2 is 1.74 bits per heavy atom. The van der Waals surface area contributed by atoms with Crippen LogP contribution >= 0.6 is 19.4 Å². The van der Waals surface area contributed by atoms with Gasteiger partial charge in [-0.1, -0.05) is 0 Å². The highest BCUT2D eigenvalue weighted by molar-refractivity contribution is 8.12. The van der Waals surface area contributed by atoms with Crippen molar-refractivity contribution >= 4 is 30.9 Å². The summed E-state index contributed by atoms with van der Waals surface area (Å²) in [5, 5.41) is 0. The number of aliphatic imine (C=N–C) groups is 1. The molecule has 132 valence electrons. The topological polar surface area (TPSA) is 74.2 Å². The minimum Gasteiger partial charge on any atom is -0.461 e. The maximum atomic E-state index is 13.5. The molecule has 0 atom stereocenters. The molecule has 0 aromatic rings. The molecular weight excluding hydrogens is 337 g/mol. The molecule has 0 fully saturated rings. The largest absolute Gasteiger partial charge is 0.461 e. The number of ether oxygens (including phenoxy) is 1. The van der Waals surface area contributed by atoms with Gasteiger partial charge in [0.2, 0.25) is 0 Å². The summed E-state index contributed by atoms with van der Waals surface area (Å²) in [6.07, 6.45) is 0. The summed E-state index contributed by atoms with van der Waals surface area (Å²) in [6.45, 7) is 12.2. The van der Waals surface area contributed by atoms with Crippen LogP contribution in [0.4, 0.5) is 0 Å². The molecule has 1 aliphatic heterocycles. The maximum absolute atomic E-state index is 13.5. The van der Waals surface area contributed by atoms with Crippen LogP contribution in [-0.4, -0.2) is 35.1 Å². The molecule has 0 amide bonds. The van der Waals surface area contributed by atoms with Gasteiger partial charge >= 0.3 is 13.6 Å². The molecule has 1 rings (SSSR count). The van der Waals surface area contributed by atoms with E-state index in [4.69, 9.17) is 13.8 Å². The lowest BCUT2D eigenvalue weighted by atomic mass is 10.2. The lowest BCUT2D eigenvalue weighted by Crippen LogP contribution is -2.25. The van der Waals surface area contributed by atoms with Crippen LogP contribution in [0.3, 0.4) is 0 Å². The van der Waals surface area contributed by atoms with E-state index in [1.165, 1.54) is 18.7 Å².